The van der Waals surface area contributed by atoms with Crippen LogP contribution in [0.15, 0.2) is 9.95 Å². The zero-order valence-electron chi connectivity index (χ0n) is 18.6. The van der Waals surface area contributed by atoms with Crippen molar-refractivity contribution in [1.29, 1.82) is 0 Å². The van der Waals surface area contributed by atoms with Gasteiger partial charge in [-0.05, 0) is 56.4 Å². The van der Waals surface area contributed by atoms with Gasteiger partial charge in [-0.1, -0.05) is 18.7 Å². The van der Waals surface area contributed by atoms with E-state index in [1.807, 2.05) is 0 Å². The maximum Gasteiger partial charge on any atom is 0.263 e. The van der Waals surface area contributed by atoms with Gasteiger partial charge in [-0.15, -0.1) is 11.3 Å². The lowest BCUT2D eigenvalue weighted by atomic mass is 9.89. The number of thiophene rings is 1. The van der Waals surface area contributed by atoms with Gasteiger partial charge >= 0.3 is 0 Å². The molecule has 1 amide bonds. The molecule has 0 aromatic carbocycles. The minimum atomic E-state index is -0.0530. The first-order chi connectivity index (χ1) is 15.6. The quantitative estimate of drug-likeness (QED) is 0.487. The van der Waals surface area contributed by atoms with Crippen LogP contribution in [0.5, 0.6) is 0 Å². The van der Waals surface area contributed by atoms with Gasteiger partial charge in [0, 0.05) is 24.6 Å². The van der Waals surface area contributed by atoms with Crippen molar-refractivity contribution in [3.63, 3.8) is 0 Å². The van der Waals surface area contributed by atoms with E-state index < -0.39 is 0 Å². The summed E-state index contributed by atoms with van der Waals surface area (Å²) >= 11 is 3.01. The maximum atomic E-state index is 13.6. The molecule has 2 fully saturated rings. The number of nitrogens with zero attached hydrogens (tertiary/aromatic N) is 2. The third-order valence-corrected chi connectivity index (χ3v) is 8.80. The molecular formula is C23H31N3O4S2. The molecule has 1 N–H and O–H groups in total. The van der Waals surface area contributed by atoms with Gasteiger partial charge in [-0.3, -0.25) is 14.2 Å². The number of hydrogen-bond acceptors (Lipinski definition) is 7. The highest BCUT2D eigenvalue weighted by atomic mass is 32.2. The average molecular weight is 478 g/mol. The van der Waals surface area contributed by atoms with Gasteiger partial charge in [0.15, 0.2) is 5.16 Å². The lowest BCUT2D eigenvalue weighted by Gasteiger charge is -2.18. The molecule has 2 aromatic heterocycles. The largest absolute Gasteiger partial charge is 0.376 e. The zero-order chi connectivity index (χ0) is 22.1. The van der Waals surface area contributed by atoms with Crippen LogP contribution >= 0.6 is 23.1 Å². The molecule has 2 saturated heterocycles. The van der Waals surface area contributed by atoms with Crippen molar-refractivity contribution in [3.05, 3.63) is 20.8 Å². The standard InChI is InChI=1S/C23H31N3O4S2/c1-14-6-7-17-18(10-14)32-21-20(17)22(28)26(12-16-5-3-9-30-16)23(25-21)31-13-19(27)24-11-15-4-2-8-29-15/h14-16H,2-13H2,1H3,(H,24,27). The first kappa shape index (κ1) is 22.4. The van der Waals surface area contributed by atoms with Crippen LogP contribution in [0.4, 0.5) is 0 Å². The second-order valence-electron chi connectivity index (χ2n) is 9.20. The highest BCUT2D eigenvalue weighted by Gasteiger charge is 2.27. The number of hydrogen-bond donors (Lipinski definition) is 1. The van der Waals surface area contributed by atoms with E-state index in [0.717, 1.165) is 68.4 Å². The number of aromatic nitrogens is 2. The molecule has 7 nitrogen and oxygen atoms in total. The van der Waals surface area contributed by atoms with E-state index in [-0.39, 0.29) is 29.4 Å². The number of carbonyl (C=O) groups excluding carboxylic acids is 1. The van der Waals surface area contributed by atoms with E-state index in [2.05, 4.69) is 12.2 Å². The Kier molecular flexibility index (Phi) is 6.87. The predicted molar refractivity (Wildman–Crippen MR) is 127 cm³/mol. The van der Waals surface area contributed by atoms with Crippen LogP contribution in [0, 0.1) is 5.92 Å². The molecule has 174 valence electrons. The predicted octanol–water partition coefficient (Wildman–Crippen LogP) is 3.15. The molecule has 0 saturated carbocycles. The molecule has 4 heterocycles. The van der Waals surface area contributed by atoms with Crippen molar-refractivity contribution in [2.45, 2.75) is 75.8 Å². The molecular weight excluding hydrogens is 446 g/mol. The van der Waals surface area contributed by atoms with Crippen molar-refractivity contribution in [3.8, 4) is 0 Å². The number of fused-ring (bicyclic) bond motifs is 3. The molecule has 5 rings (SSSR count). The average Bonchev–Trinajstić information content (AvgIpc) is 3.53. The Morgan fingerprint density at radius 1 is 1.22 bits per heavy atom. The normalized spacial score (nSPS) is 25.3. The molecule has 0 radical (unpaired) electrons. The van der Waals surface area contributed by atoms with Gasteiger partial charge in [0.2, 0.25) is 5.91 Å². The van der Waals surface area contributed by atoms with Crippen LogP contribution in [0.3, 0.4) is 0 Å². The molecule has 3 unspecified atom stereocenters. The summed E-state index contributed by atoms with van der Waals surface area (Å²) in [5, 5.41) is 4.38. The van der Waals surface area contributed by atoms with Crippen molar-refractivity contribution in [2.75, 3.05) is 25.5 Å². The van der Waals surface area contributed by atoms with E-state index in [1.54, 1.807) is 15.9 Å². The van der Waals surface area contributed by atoms with E-state index in [4.69, 9.17) is 14.5 Å². The van der Waals surface area contributed by atoms with Gasteiger partial charge < -0.3 is 14.8 Å². The van der Waals surface area contributed by atoms with E-state index in [9.17, 15) is 9.59 Å². The van der Waals surface area contributed by atoms with Crippen LogP contribution in [0.2, 0.25) is 0 Å². The summed E-state index contributed by atoms with van der Waals surface area (Å²) in [6.07, 6.45) is 7.27. The van der Waals surface area contributed by atoms with Crippen molar-refractivity contribution in [2.24, 2.45) is 5.92 Å². The Bertz CT molecular complexity index is 1040. The van der Waals surface area contributed by atoms with E-state index >= 15 is 0 Å². The topological polar surface area (TPSA) is 82.4 Å². The summed E-state index contributed by atoms with van der Waals surface area (Å²) in [5.41, 5.74) is 1.23. The Labute approximate surface area is 196 Å². The number of ether oxygens (including phenoxy) is 2. The van der Waals surface area contributed by atoms with Gasteiger partial charge in [0.05, 0.1) is 29.9 Å². The molecule has 0 bridgehead atoms. The third kappa shape index (κ3) is 4.76. The number of aryl methyl sites for hydroxylation is 1. The van der Waals surface area contributed by atoms with Crippen molar-refractivity contribution < 1.29 is 14.3 Å². The Hall–Kier alpha value is -1.42. The summed E-state index contributed by atoms with van der Waals surface area (Å²) in [6.45, 7) is 4.84. The fraction of sp³-hybridized carbons (Fsp3) is 0.696. The molecule has 2 aliphatic heterocycles. The smallest absolute Gasteiger partial charge is 0.263 e. The van der Waals surface area contributed by atoms with Crippen LogP contribution in [0.25, 0.3) is 10.2 Å². The molecule has 0 spiro atoms. The zero-order valence-corrected chi connectivity index (χ0v) is 20.2. The van der Waals surface area contributed by atoms with Crippen LogP contribution in [0.1, 0.15) is 49.5 Å². The minimum absolute atomic E-state index is 0.0276. The minimum Gasteiger partial charge on any atom is -0.376 e. The van der Waals surface area contributed by atoms with Gasteiger partial charge in [-0.2, -0.15) is 0 Å². The first-order valence-corrected chi connectivity index (χ1v) is 13.6. The number of nitrogens with one attached hydrogen (secondary N) is 1. The Balaban J connectivity index is 1.39. The summed E-state index contributed by atoms with van der Waals surface area (Å²) in [4.78, 5) is 33.1. The lowest BCUT2D eigenvalue weighted by molar-refractivity contribution is -0.119. The van der Waals surface area contributed by atoms with Crippen molar-refractivity contribution in [1.82, 2.24) is 14.9 Å². The fourth-order valence-electron chi connectivity index (χ4n) is 4.88. The summed E-state index contributed by atoms with van der Waals surface area (Å²) in [5.74, 6) is 0.826. The Morgan fingerprint density at radius 2 is 2.00 bits per heavy atom. The second kappa shape index (κ2) is 9.83. The fourth-order valence-corrected chi connectivity index (χ4v) is 7.14. The molecule has 1 aliphatic carbocycles. The van der Waals surface area contributed by atoms with E-state index in [1.165, 1.54) is 22.2 Å². The monoisotopic (exact) mass is 477 g/mol. The Morgan fingerprint density at radius 3 is 2.75 bits per heavy atom. The molecule has 9 heteroatoms. The summed E-state index contributed by atoms with van der Waals surface area (Å²) in [7, 11) is 0. The first-order valence-electron chi connectivity index (χ1n) is 11.8. The van der Waals surface area contributed by atoms with Gasteiger partial charge in [0.1, 0.15) is 4.83 Å². The highest BCUT2D eigenvalue weighted by molar-refractivity contribution is 7.99. The van der Waals surface area contributed by atoms with Gasteiger partial charge in [0.25, 0.3) is 5.56 Å². The lowest BCUT2D eigenvalue weighted by Crippen LogP contribution is -2.33. The number of carbonyl (C=O) groups is 1. The molecule has 3 atom stereocenters. The summed E-state index contributed by atoms with van der Waals surface area (Å²) < 4.78 is 13.2. The van der Waals surface area contributed by atoms with Gasteiger partial charge in [-0.25, -0.2) is 4.98 Å². The second-order valence-corrected chi connectivity index (χ2v) is 11.2. The van der Waals surface area contributed by atoms with Crippen LogP contribution in [-0.2, 0) is 33.7 Å². The maximum absolute atomic E-state index is 13.6. The van der Waals surface area contributed by atoms with Crippen LogP contribution in [-0.4, -0.2) is 53.2 Å². The van der Waals surface area contributed by atoms with Crippen molar-refractivity contribution >= 4 is 39.2 Å². The molecule has 2 aromatic rings. The van der Waals surface area contributed by atoms with E-state index in [0.29, 0.717) is 24.2 Å². The SMILES string of the molecule is CC1CCc2c(sc3nc(SCC(=O)NCC4CCCO4)n(CC4CCCO4)c(=O)c23)C1. The molecule has 32 heavy (non-hydrogen) atoms. The molecule has 3 aliphatic rings. The highest BCUT2D eigenvalue weighted by Crippen LogP contribution is 2.36. The summed E-state index contributed by atoms with van der Waals surface area (Å²) in [6, 6.07) is 0. The third-order valence-electron chi connectivity index (χ3n) is 6.67. The van der Waals surface area contributed by atoms with Crippen LogP contribution < -0.4 is 10.9 Å². The number of thioether (sulfide) groups is 1. The number of amides is 1. The number of rotatable bonds is 7.